The van der Waals surface area contributed by atoms with Gasteiger partial charge in [0.2, 0.25) is 0 Å². The Morgan fingerprint density at radius 2 is 1.58 bits per heavy atom. The summed E-state index contributed by atoms with van der Waals surface area (Å²) < 4.78 is 0. The Labute approximate surface area is 114 Å². The molecule has 0 fully saturated rings. The van der Waals surface area contributed by atoms with Gasteiger partial charge < -0.3 is 5.11 Å². The summed E-state index contributed by atoms with van der Waals surface area (Å²) in [5.41, 5.74) is 3.07. The summed E-state index contributed by atoms with van der Waals surface area (Å²) in [6, 6.07) is 15.4. The Bertz CT molecular complexity index is 577. The lowest BCUT2D eigenvalue weighted by Gasteiger charge is -2.18. The monoisotopic (exact) mass is 253 g/mol. The minimum atomic E-state index is 0.160. The van der Waals surface area contributed by atoms with Crippen LogP contribution in [-0.4, -0.2) is 11.3 Å². The Morgan fingerprint density at radius 3 is 2.16 bits per heavy atom. The van der Waals surface area contributed by atoms with E-state index in [1.165, 1.54) is 5.56 Å². The van der Waals surface area contributed by atoms with Crippen molar-refractivity contribution < 1.29 is 5.11 Å². The van der Waals surface area contributed by atoms with Crippen molar-refractivity contribution >= 4 is 11.9 Å². The fourth-order valence-corrected chi connectivity index (χ4v) is 1.79. The first kappa shape index (κ1) is 13.3. The van der Waals surface area contributed by atoms with Crippen LogP contribution in [0.3, 0.4) is 0 Å². The first-order chi connectivity index (χ1) is 8.97. The highest BCUT2D eigenvalue weighted by Crippen LogP contribution is 2.25. The van der Waals surface area contributed by atoms with Crippen molar-refractivity contribution in [3.8, 4) is 5.75 Å². The van der Waals surface area contributed by atoms with Crippen LogP contribution >= 0.6 is 0 Å². The predicted molar refractivity (Wildman–Crippen MR) is 80.5 cm³/mol. The second-order valence-corrected chi connectivity index (χ2v) is 5.62. The molecular weight excluding hydrogens is 234 g/mol. The summed E-state index contributed by atoms with van der Waals surface area (Å²) >= 11 is 0. The number of hydrogen-bond acceptors (Lipinski definition) is 2. The van der Waals surface area contributed by atoms with Gasteiger partial charge in [-0.05, 0) is 28.7 Å². The van der Waals surface area contributed by atoms with Crippen LogP contribution in [0.4, 0.5) is 5.69 Å². The van der Waals surface area contributed by atoms with Crippen molar-refractivity contribution in [3.63, 3.8) is 0 Å². The van der Waals surface area contributed by atoms with Gasteiger partial charge in [-0.25, -0.2) is 0 Å². The number of phenolic OH excluding ortho intramolecular Hbond substituents is 1. The van der Waals surface area contributed by atoms with Gasteiger partial charge >= 0.3 is 0 Å². The van der Waals surface area contributed by atoms with Crippen molar-refractivity contribution in [1.82, 2.24) is 0 Å². The molecule has 0 heterocycles. The molecule has 0 aliphatic heterocycles. The second-order valence-electron chi connectivity index (χ2n) is 5.62. The van der Waals surface area contributed by atoms with E-state index in [0.29, 0.717) is 5.69 Å². The normalized spacial score (nSPS) is 11.9. The Morgan fingerprint density at radius 1 is 0.947 bits per heavy atom. The van der Waals surface area contributed by atoms with E-state index in [9.17, 15) is 5.11 Å². The summed E-state index contributed by atoms with van der Waals surface area (Å²) in [5.74, 6) is 0.199. The van der Waals surface area contributed by atoms with Crippen molar-refractivity contribution in [2.45, 2.75) is 26.2 Å². The fraction of sp³-hybridized carbons (Fsp3) is 0.235. The number of aliphatic imine (C=N–C) groups is 1. The quantitative estimate of drug-likeness (QED) is 0.788. The maximum absolute atomic E-state index is 9.63. The first-order valence-electron chi connectivity index (χ1n) is 6.39. The third kappa shape index (κ3) is 3.44. The van der Waals surface area contributed by atoms with Gasteiger partial charge in [-0.3, -0.25) is 4.99 Å². The number of para-hydroxylation sites is 2. The average molecular weight is 253 g/mol. The van der Waals surface area contributed by atoms with E-state index in [-0.39, 0.29) is 11.2 Å². The highest BCUT2D eigenvalue weighted by molar-refractivity contribution is 5.82. The molecule has 2 aromatic carbocycles. The third-order valence-electron chi connectivity index (χ3n) is 3.01. The van der Waals surface area contributed by atoms with Crippen LogP contribution in [0.1, 0.15) is 31.9 Å². The molecule has 2 aromatic rings. The second kappa shape index (κ2) is 5.27. The van der Waals surface area contributed by atoms with E-state index >= 15 is 0 Å². The van der Waals surface area contributed by atoms with Gasteiger partial charge in [0.05, 0.1) is 0 Å². The number of nitrogens with zero attached hydrogens (tertiary/aromatic N) is 1. The molecule has 0 saturated carbocycles. The molecule has 0 saturated heterocycles. The Balaban J connectivity index is 2.19. The molecule has 2 heteroatoms. The molecule has 0 amide bonds. The molecule has 0 radical (unpaired) electrons. The summed E-state index contributed by atoms with van der Waals surface area (Å²) in [4.78, 5) is 4.29. The van der Waals surface area contributed by atoms with Crippen LogP contribution < -0.4 is 0 Å². The predicted octanol–water partition coefficient (Wildman–Crippen LogP) is 4.44. The minimum Gasteiger partial charge on any atom is -0.506 e. The third-order valence-corrected chi connectivity index (χ3v) is 3.01. The SMILES string of the molecule is CC(C)(C)c1ccc(C=Nc2ccccc2O)cc1. The van der Waals surface area contributed by atoms with Crippen molar-refractivity contribution in [2.24, 2.45) is 4.99 Å². The van der Waals surface area contributed by atoms with Crippen LogP contribution in [0.5, 0.6) is 5.75 Å². The Hall–Kier alpha value is -2.09. The maximum atomic E-state index is 9.63. The highest BCUT2D eigenvalue weighted by atomic mass is 16.3. The van der Waals surface area contributed by atoms with Crippen LogP contribution in [0.15, 0.2) is 53.5 Å². The van der Waals surface area contributed by atoms with Gasteiger partial charge in [0, 0.05) is 6.21 Å². The van der Waals surface area contributed by atoms with Crippen LogP contribution in [0.2, 0.25) is 0 Å². The van der Waals surface area contributed by atoms with Gasteiger partial charge in [-0.15, -0.1) is 0 Å². The van der Waals surface area contributed by atoms with E-state index in [1.54, 1.807) is 24.4 Å². The van der Waals surface area contributed by atoms with Gasteiger partial charge in [0.25, 0.3) is 0 Å². The van der Waals surface area contributed by atoms with Crippen molar-refractivity contribution in [1.29, 1.82) is 0 Å². The van der Waals surface area contributed by atoms with Gasteiger partial charge in [-0.2, -0.15) is 0 Å². The molecule has 0 aliphatic carbocycles. The first-order valence-corrected chi connectivity index (χ1v) is 6.39. The molecule has 0 unspecified atom stereocenters. The zero-order valence-electron chi connectivity index (χ0n) is 11.6. The topological polar surface area (TPSA) is 32.6 Å². The molecule has 2 nitrogen and oxygen atoms in total. The van der Waals surface area contributed by atoms with Crippen LogP contribution in [0.25, 0.3) is 0 Å². The van der Waals surface area contributed by atoms with Gasteiger partial charge in [0.1, 0.15) is 11.4 Å². The van der Waals surface area contributed by atoms with Crippen molar-refractivity contribution in [3.05, 3.63) is 59.7 Å². The number of phenols is 1. The molecule has 0 aliphatic rings. The van der Waals surface area contributed by atoms with Gasteiger partial charge in [-0.1, -0.05) is 57.2 Å². The van der Waals surface area contributed by atoms with E-state index in [4.69, 9.17) is 0 Å². The zero-order valence-corrected chi connectivity index (χ0v) is 11.6. The Kier molecular flexibility index (Phi) is 3.70. The lowest BCUT2D eigenvalue weighted by Crippen LogP contribution is -2.10. The molecule has 98 valence electrons. The molecular formula is C17H19NO. The number of rotatable bonds is 2. The smallest absolute Gasteiger partial charge is 0.141 e. The summed E-state index contributed by atoms with van der Waals surface area (Å²) in [6.45, 7) is 6.58. The standard InChI is InChI=1S/C17H19NO/c1-17(2,3)14-10-8-13(9-11-14)12-18-15-6-4-5-7-16(15)19/h4-12,19H,1-3H3. The lowest BCUT2D eigenvalue weighted by atomic mass is 9.87. The summed E-state index contributed by atoms with van der Waals surface area (Å²) in [6.07, 6.45) is 1.77. The fourth-order valence-electron chi connectivity index (χ4n) is 1.79. The average Bonchev–Trinajstić information content (AvgIpc) is 2.37. The number of hydrogen-bond donors (Lipinski definition) is 1. The minimum absolute atomic E-state index is 0.160. The summed E-state index contributed by atoms with van der Waals surface area (Å²) in [7, 11) is 0. The molecule has 0 aromatic heterocycles. The van der Waals surface area contributed by atoms with E-state index in [1.807, 2.05) is 18.2 Å². The molecule has 1 N–H and O–H groups in total. The molecule has 0 bridgehead atoms. The number of aromatic hydroxyl groups is 1. The molecule has 0 atom stereocenters. The molecule has 2 rings (SSSR count). The maximum Gasteiger partial charge on any atom is 0.141 e. The number of benzene rings is 2. The van der Waals surface area contributed by atoms with Crippen LogP contribution in [0, 0.1) is 0 Å². The van der Waals surface area contributed by atoms with Crippen LogP contribution in [-0.2, 0) is 5.41 Å². The highest BCUT2D eigenvalue weighted by Gasteiger charge is 2.12. The van der Waals surface area contributed by atoms with E-state index < -0.39 is 0 Å². The lowest BCUT2D eigenvalue weighted by molar-refractivity contribution is 0.477. The molecule has 0 spiro atoms. The zero-order chi connectivity index (χ0) is 13.9. The summed E-state index contributed by atoms with van der Waals surface area (Å²) in [5, 5.41) is 9.63. The van der Waals surface area contributed by atoms with Gasteiger partial charge in [0.15, 0.2) is 0 Å². The van der Waals surface area contributed by atoms with E-state index in [0.717, 1.165) is 5.56 Å². The van der Waals surface area contributed by atoms with E-state index in [2.05, 4.69) is 37.9 Å². The largest absolute Gasteiger partial charge is 0.506 e. The molecule has 19 heavy (non-hydrogen) atoms. The van der Waals surface area contributed by atoms with Crippen molar-refractivity contribution in [2.75, 3.05) is 0 Å².